The summed E-state index contributed by atoms with van der Waals surface area (Å²) < 4.78 is 33.3. The summed E-state index contributed by atoms with van der Waals surface area (Å²) >= 11 is 0. The standard InChI is InChI=1S/C33H41F2N3O4/c1-5-11-38(12-6-2)33(41)26-14-22(3)13-25(18-26)32(40)37-29(17-23-15-27(34)19-28(35)16-23)30(39)21-36-20-24-9-7-8-10-31(24)42-4/h7-10,13-16,18-19,29-30,36,39H,5-6,11-12,17,20-21H2,1-4H3,(H,37,40)/t29-,30+/m0/s1. The van der Waals surface area contributed by atoms with Crippen LogP contribution in [0.3, 0.4) is 0 Å². The number of hydrogen-bond donors (Lipinski definition) is 3. The Hall–Kier alpha value is -3.82. The van der Waals surface area contributed by atoms with Crippen molar-refractivity contribution < 1.29 is 28.2 Å². The number of aliphatic hydroxyl groups excluding tert-OH is 1. The van der Waals surface area contributed by atoms with Gasteiger partial charge in [-0.3, -0.25) is 9.59 Å². The van der Waals surface area contributed by atoms with E-state index in [1.54, 1.807) is 37.1 Å². The smallest absolute Gasteiger partial charge is 0.253 e. The Morgan fingerprint density at radius 3 is 2.24 bits per heavy atom. The van der Waals surface area contributed by atoms with Gasteiger partial charge in [0.05, 0.1) is 19.3 Å². The first-order valence-electron chi connectivity index (χ1n) is 14.3. The van der Waals surface area contributed by atoms with Crippen molar-refractivity contribution in [3.05, 3.63) is 100 Å². The lowest BCUT2D eigenvalue weighted by Crippen LogP contribution is -2.48. The third kappa shape index (κ3) is 9.36. The molecule has 7 nitrogen and oxygen atoms in total. The van der Waals surface area contributed by atoms with Crippen molar-refractivity contribution in [2.24, 2.45) is 0 Å². The molecular weight excluding hydrogens is 540 g/mol. The quantitative estimate of drug-likeness (QED) is 0.234. The van der Waals surface area contributed by atoms with E-state index in [2.05, 4.69) is 10.6 Å². The first kappa shape index (κ1) is 32.7. The van der Waals surface area contributed by atoms with E-state index in [1.165, 1.54) is 12.1 Å². The van der Waals surface area contributed by atoms with E-state index in [0.717, 1.165) is 30.0 Å². The maximum absolute atomic E-state index is 14.0. The van der Waals surface area contributed by atoms with Crippen LogP contribution in [0, 0.1) is 18.6 Å². The van der Waals surface area contributed by atoms with Crippen molar-refractivity contribution in [2.45, 2.75) is 58.7 Å². The van der Waals surface area contributed by atoms with Crippen molar-refractivity contribution in [1.82, 2.24) is 15.5 Å². The Bertz CT molecular complexity index is 1320. The minimum atomic E-state index is -1.11. The number of aliphatic hydroxyl groups is 1. The maximum Gasteiger partial charge on any atom is 0.253 e. The normalized spacial score (nSPS) is 12.5. The number of nitrogens with one attached hydrogen (secondary N) is 2. The number of rotatable bonds is 15. The van der Waals surface area contributed by atoms with Gasteiger partial charge in [0, 0.05) is 48.9 Å². The van der Waals surface area contributed by atoms with Gasteiger partial charge in [-0.15, -0.1) is 0 Å². The molecule has 0 saturated heterocycles. The molecule has 0 spiro atoms. The molecule has 3 aromatic carbocycles. The largest absolute Gasteiger partial charge is 0.496 e. The van der Waals surface area contributed by atoms with E-state index >= 15 is 0 Å². The second kappa shape index (κ2) is 16.0. The van der Waals surface area contributed by atoms with Gasteiger partial charge in [0.15, 0.2) is 0 Å². The Labute approximate surface area is 246 Å². The number of methoxy groups -OCH3 is 1. The first-order chi connectivity index (χ1) is 20.1. The fourth-order valence-corrected chi connectivity index (χ4v) is 4.94. The van der Waals surface area contributed by atoms with Gasteiger partial charge in [0.25, 0.3) is 11.8 Å². The zero-order valence-electron chi connectivity index (χ0n) is 24.8. The zero-order chi connectivity index (χ0) is 30.6. The van der Waals surface area contributed by atoms with Crippen molar-refractivity contribution in [1.29, 1.82) is 0 Å². The molecular formula is C33H41F2N3O4. The van der Waals surface area contributed by atoms with E-state index in [0.29, 0.717) is 30.9 Å². The van der Waals surface area contributed by atoms with Crippen molar-refractivity contribution in [2.75, 3.05) is 26.7 Å². The second-order valence-electron chi connectivity index (χ2n) is 10.5. The molecule has 0 aliphatic rings. The highest BCUT2D eigenvalue weighted by Crippen LogP contribution is 2.18. The molecule has 0 saturated carbocycles. The molecule has 226 valence electrons. The molecule has 42 heavy (non-hydrogen) atoms. The van der Waals surface area contributed by atoms with E-state index in [1.807, 2.05) is 38.1 Å². The van der Waals surface area contributed by atoms with Crippen LogP contribution in [0.4, 0.5) is 8.78 Å². The molecule has 9 heteroatoms. The Balaban J connectivity index is 1.81. The van der Waals surface area contributed by atoms with Gasteiger partial charge in [-0.25, -0.2) is 8.78 Å². The third-order valence-electron chi connectivity index (χ3n) is 6.88. The summed E-state index contributed by atoms with van der Waals surface area (Å²) in [7, 11) is 1.58. The highest BCUT2D eigenvalue weighted by Gasteiger charge is 2.24. The Kier molecular flexibility index (Phi) is 12.4. The second-order valence-corrected chi connectivity index (χ2v) is 10.5. The van der Waals surface area contributed by atoms with Gasteiger partial charge in [-0.1, -0.05) is 32.0 Å². The third-order valence-corrected chi connectivity index (χ3v) is 6.88. The molecule has 3 N–H and O–H groups in total. The number of aryl methyl sites for hydroxylation is 1. The highest BCUT2D eigenvalue weighted by atomic mass is 19.1. The maximum atomic E-state index is 14.0. The number of halogens is 2. The van der Waals surface area contributed by atoms with E-state index < -0.39 is 29.7 Å². The van der Waals surface area contributed by atoms with Crippen molar-refractivity contribution in [3.63, 3.8) is 0 Å². The summed E-state index contributed by atoms with van der Waals surface area (Å²) in [6.07, 6.45) is 0.508. The summed E-state index contributed by atoms with van der Waals surface area (Å²) in [4.78, 5) is 28.5. The molecule has 0 aromatic heterocycles. The van der Waals surface area contributed by atoms with Gasteiger partial charge in [-0.05, 0) is 73.7 Å². The number of nitrogens with zero attached hydrogens (tertiary/aromatic N) is 1. The lowest BCUT2D eigenvalue weighted by Gasteiger charge is -2.25. The molecule has 0 bridgehead atoms. The van der Waals surface area contributed by atoms with Crippen LogP contribution in [-0.2, 0) is 13.0 Å². The molecule has 0 aliphatic carbocycles. The lowest BCUT2D eigenvalue weighted by molar-refractivity contribution is 0.0755. The number of amides is 2. The molecule has 0 heterocycles. The monoisotopic (exact) mass is 581 g/mol. The van der Waals surface area contributed by atoms with E-state index in [-0.39, 0.29) is 30.0 Å². The number of hydrogen-bond acceptors (Lipinski definition) is 5. The predicted molar refractivity (Wildman–Crippen MR) is 160 cm³/mol. The van der Waals surface area contributed by atoms with E-state index in [9.17, 15) is 23.5 Å². The zero-order valence-corrected chi connectivity index (χ0v) is 24.8. The minimum absolute atomic E-state index is 0.0176. The number of ether oxygens (including phenoxy) is 1. The summed E-state index contributed by atoms with van der Waals surface area (Å²) in [6, 6.07) is 14.7. The van der Waals surface area contributed by atoms with Gasteiger partial charge in [0.2, 0.25) is 0 Å². The molecule has 0 unspecified atom stereocenters. The average Bonchev–Trinajstić information content (AvgIpc) is 2.95. The van der Waals surface area contributed by atoms with Crippen LogP contribution in [0.2, 0.25) is 0 Å². The fraction of sp³-hybridized carbons (Fsp3) is 0.394. The molecule has 2 atom stereocenters. The van der Waals surface area contributed by atoms with Gasteiger partial charge in [-0.2, -0.15) is 0 Å². The fourth-order valence-electron chi connectivity index (χ4n) is 4.94. The summed E-state index contributed by atoms with van der Waals surface area (Å²) in [5.41, 5.74) is 2.58. The van der Waals surface area contributed by atoms with Crippen LogP contribution in [0.5, 0.6) is 5.75 Å². The first-order valence-corrected chi connectivity index (χ1v) is 14.3. The van der Waals surface area contributed by atoms with Gasteiger partial charge >= 0.3 is 0 Å². The summed E-state index contributed by atoms with van der Waals surface area (Å²) in [5.74, 6) is -1.45. The molecule has 3 aromatic rings. The molecule has 0 fully saturated rings. The molecule has 3 rings (SSSR count). The van der Waals surface area contributed by atoms with Crippen LogP contribution < -0.4 is 15.4 Å². The highest BCUT2D eigenvalue weighted by molar-refractivity contribution is 6.00. The number of para-hydroxylation sites is 1. The Morgan fingerprint density at radius 2 is 1.60 bits per heavy atom. The lowest BCUT2D eigenvalue weighted by atomic mass is 9.99. The number of carbonyl (C=O) groups is 2. The van der Waals surface area contributed by atoms with Crippen LogP contribution in [0.15, 0.2) is 60.7 Å². The Morgan fingerprint density at radius 1 is 0.952 bits per heavy atom. The van der Waals surface area contributed by atoms with E-state index in [4.69, 9.17) is 4.74 Å². The number of benzene rings is 3. The van der Waals surface area contributed by atoms with Crippen molar-refractivity contribution in [3.8, 4) is 5.75 Å². The van der Waals surface area contributed by atoms with Crippen LogP contribution in [-0.4, -0.2) is 60.7 Å². The van der Waals surface area contributed by atoms with Crippen molar-refractivity contribution >= 4 is 11.8 Å². The summed E-state index contributed by atoms with van der Waals surface area (Å²) in [6.45, 7) is 7.53. The molecule has 0 aliphatic heterocycles. The van der Waals surface area contributed by atoms with Gasteiger partial charge < -0.3 is 25.4 Å². The summed E-state index contributed by atoms with van der Waals surface area (Å²) in [5, 5.41) is 17.2. The van der Waals surface area contributed by atoms with Crippen LogP contribution in [0.1, 0.15) is 64.1 Å². The van der Waals surface area contributed by atoms with Crippen LogP contribution >= 0.6 is 0 Å². The SMILES string of the molecule is CCCN(CCC)C(=O)c1cc(C)cc(C(=O)N[C@@H](Cc2cc(F)cc(F)c2)[C@H](O)CNCc2ccccc2OC)c1. The average molecular weight is 582 g/mol. The van der Waals surface area contributed by atoms with Crippen LogP contribution in [0.25, 0.3) is 0 Å². The minimum Gasteiger partial charge on any atom is -0.496 e. The predicted octanol–water partition coefficient (Wildman–Crippen LogP) is 5.04. The molecule has 2 amide bonds. The topological polar surface area (TPSA) is 90.9 Å². The molecule has 0 radical (unpaired) electrons. The number of carbonyl (C=O) groups excluding carboxylic acids is 2. The van der Waals surface area contributed by atoms with Gasteiger partial charge in [0.1, 0.15) is 17.4 Å².